The van der Waals surface area contributed by atoms with Crippen LogP contribution in [0, 0.1) is 11.3 Å². The Kier molecular flexibility index (Phi) is 4.38. The van der Waals surface area contributed by atoms with Gasteiger partial charge in [0.2, 0.25) is 0 Å². The minimum atomic E-state index is 0.657. The summed E-state index contributed by atoms with van der Waals surface area (Å²) in [7, 11) is 0. The smallest absolute Gasteiger partial charge is 0.0969 e. The first kappa shape index (κ1) is 11.8. The zero-order chi connectivity index (χ0) is 11.3. The highest BCUT2D eigenvalue weighted by atomic mass is 32.1. The summed E-state index contributed by atoms with van der Waals surface area (Å²) in [6.07, 6.45) is 2.74. The molecule has 0 atom stereocenters. The van der Waals surface area contributed by atoms with Crippen LogP contribution in [0.3, 0.4) is 0 Å². The third kappa shape index (κ3) is 2.84. The molecule has 1 heterocycles. The third-order valence-electron chi connectivity index (χ3n) is 2.24. The third-order valence-corrected chi connectivity index (χ3v) is 3.50. The number of rotatable bonds is 4. The maximum absolute atomic E-state index is 8.97. The van der Waals surface area contributed by atoms with Crippen LogP contribution < -0.4 is 5.73 Å². The van der Waals surface area contributed by atoms with Crippen LogP contribution in [0.4, 0.5) is 0 Å². The van der Waals surface area contributed by atoms with Crippen molar-refractivity contribution >= 4 is 17.0 Å². The largest absolute Gasteiger partial charge is 0.397 e. The van der Waals surface area contributed by atoms with Gasteiger partial charge in [-0.1, -0.05) is 20.3 Å². The lowest BCUT2D eigenvalue weighted by Crippen LogP contribution is -1.98. The van der Waals surface area contributed by atoms with Crippen LogP contribution in [-0.2, 0) is 6.42 Å². The molecule has 1 aromatic rings. The van der Waals surface area contributed by atoms with Crippen molar-refractivity contribution in [1.29, 1.82) is 5.26 Å². The van der Waals surface area contributed by atoms with E-state index in [-0.39, 0.29) is 0 Å². The predicted octanol–water partition coefficient (Wildman–Crippen LogP) is 3.30. The molecule has 0 spiro atoms. The quantitative estimate of drug-likeness (QED) is 0.791. The first-order valence-corrected chi connectivity index (χ1v) is 6.02. The fourth-order valence-electron chi connectivity index (χ4n) is 1.36. The molecule has 2 N–H and O–H groups in total. The lowest BCUT2D eigenvalue weighted by Gasteiger charge is -2.01. The molecule has 15 heavy (non-hydrogen) atoms. The van der Waals surface area contributed by atoms with Crippen molar-refractivity contribution in [3.05, 3.63) is 27.5 Å². The van der Waals surface area contributed by atoms with Crippen molar-refractivity contribution in [3.63, 3.8) is 0 Å². The summed E-state index contributed by atoms with van der Waals surface area (Å²) < 4.78 is 0. The second-order valence-electron chi connectivity index (χ2n) is 3.37. The van der Waals surface area contributed by atoms with E-state index in [1.54, 1.807) is 11.3 Å². The van der Waals surface area contributed by atoms with Crippen LogP contribution in [0.15, 0.2) is 17.7 Å². The summed E-state index contributed by atoms with van der Waals surface area (Å²) in [5, 5.41) is 8.97. The predicted molar refractivity (Wildman–Crippen MR) is 65.3 cm³/mol. The standard InChI is InChI=1S/C12H16N2S/c1-3-5-9(8-13)12(14)11-7-6-10(4-2)15-11/h6-7H,3-5,14H2,1-2H3/b12-9-. The molecule has 2 nitrogen and oxygen atoms in total. The first-order valence-electron chi connectivity index (χ1n) is 5.20. The number of nitrogens with two attached hydrogens (primary N) is 1. The number of hydrogen-bond donors (Lipinski definition) is 1. The number of hydrogen-bond acceptors (Lipinski definition) is 3. The molecule has 0 saturated heterocycles. The number of allylic oxidation sites excluding steroid dienone is 1. The number of nitriles is 1. The lowest BCUT2D eigenvalue weighted by atomic mass is 10.1. The lowest BCUT2D eigenvalue weighted by molar-refractivity contribution is 0.929. The van der Waals surface area contributed by atoms with E-state index in [2.05, 4.69) is 26.0 Å². The molecule has 1 aromatic heterocycles. The second kappa shape index (κ2) is 5.57. The van der Waals surface area contributed by atoms with E-state index in [0.29, 0.717) is 11.3 Å². The molecule has 0 unspecified atom stereocenters. The van der Waals surface area contributed by atoms with Crippen molar-refractivity contribution < 1.29 is 0 Å². The molecule has 0 aliphatic heterocycles. The van der Waals surface area contributed by atoms with Gasteiger partial charge in [0.25, 0.3) is 0 Å². The SMILES string of the molecule is CCC/C(C#N)=C(/N)c1ccc(CC)s1. The van der Waals surface area contributed by atoms with E-state index in [4.69, 9.17) is 11.0 Å². The van der Waals surface area contributed by atoms with Gasteiger partial charge in [0.1, 0.15) is 0 Å². The number of thiophene rings is 1. The highest BCUT2D eigenvalue weighted by Crippen LogP contribution is 2.24. The molecule has 0 fully saturated rings. The molecular formula is C12H16N2S. The van der Waals surface area contributed by atoms with Gasteiger partial charge < -0.3 is 5.73 Å². The van der Waals surface area contributed by atoms with Crippen molar-refractivity contribution in [1.82, 2.24) is 0 Å². The fraction of sp³-hybridized carbons (Fsp3) is 0.417. The summed E-state index contributed by atoms with van der Waals surface area (Å²) in [6, 6.07) is 6.27. The van der Waals surface area contributed by atoms with E-state index in [9.17, 15) is 0 Å². The van der Waals surface area contributed by atoms with Gasteiger partial charge in [-0.25, -0.2) is 0 Å². The second-order valence-corrected chi connectivity index (χ2v) is 4.54. The van der Waals surface area contributed by atoms with Gasteiger partial charge in [0.05, 0.1) is 22.2 Å². The Morgan fingerprint density at radius 2 is 2.20 bits per heavy atom. The molecule has 0 saturated carbocycles. The summed E-state index contributed by atoms with van der Waals surface area (Å²) >= 11 is 1.68. The zero-order valence-electron chi connectivity index (χ0n) is 9.21. The molecule has 80 valence electrons. The normalized spacial score (nSPS) is 12.1. The van der Waals surface area contributed by atoms with Gasteiger partial charge in [-0.3, -0.25) is 0 Å². The molecule has 3 heteroatoms. The van der Waals surface area contributed by atoms with Crippen molar-refractivity contribution in [3.8, 4) is 6.07 Å². The van der Waals surface area contributed by atoms with Crippen molar-refractivity contribution in [2.45, 2.75) is 33.1 Å². The number of nitrogens with zero attached hydrogens (tertiary/aromatic N) is 1. The molecular weight excluding hydrogens is 204 g/mol. The fourth-order valence-corrected chi connectivity index (χ4v) is 2.29. The maximum atomic E-state index is 8.97. The van der Waals surface area contributed by atoms with Crippen LogP contribution >= 0.6 is 11.3 Å². The van der Waals surface area contributed by atoms with Gasteiger partial charge in [0.15, 0.2) is 0 Å². The van der Waals surface area contributed by atoms with E-state index >= 15 is 0 Å². The van der Waals surface area contributed by atoms with Gasteiger partial charge >= 0.3 is 0 Å². The molecule has 1 rings (SSSR count). The van der Waals surface area contributed by atoms with Gasteiger partial charge in [0, 0.05) is 4.88 Å². The van der Waals surface area contributed by atoms with Gasteiger partial charge in [-0.2, -0.15) is 5.26 Å². The molecule has 0 aromatic carbocycles. The van der Waals surface area contributed by atoms with Crippen LogP contribution in [0.2, 0.25) is 0 Å². The van der Waals surface area contributed by atoms with E-state index in [0.717, 1.165) is 24.1 Å². The number of aryl methyl sites for hydroxylation is 1. The summed E-state index contributed by atoms with van der Waals surface area (Å²) in [4.78, 5) is 2.33. The summed E-state index contributed by atoms with van der Waals surface area (Å²) in [5.74, 6) is 0. The minimum absolute atomic E-state index is 0.657. The summed E-state index contributed by atoms with van der Waals surface area (Å²) in [6.45, 7) is 4.17. The van der Waals surface area contributed by atoms with E-state index in [1.807, 2.05) is 6.07 Å². The van der Waals surface area contributed by atoms with Crippen LogP contribution in [0.5, 0.6) is 0 Å². The molecule has 0 radical (unpaired) electrons. The van der Waals surface area contributed by atoms with Gasteiger partial charge in [-0.05, 0) is 25.0 Å². The monoisotopic (exact) mass is 220 g/mol. The van der Waals surface area contributed by atoms with Crippen molar-refractivity contribution in [2.24, 2.45) is 5.73 Å². The van der Waals surface area contributed by atoms with E-state index in [1.165, 1.54) is 4.88 Å². The highest BCUT2D eigenvalue weighted by molar-refractivity contribution is 7.13. The molecule has 0 aliphatic carbocycles. The van der Waals surface area contributed by atoms with Gasteiger partial charge in [-0.15, -0.1) is 11.3 Å². The van der Waals surface area contributed by atoms with Crippen LogP contribution in [0.25, 0.3) is 5.70 Å². The molecule has 0 bridgehead atoms. The minimum Gasteiger partial charge on any atom is -0.397 e. The average molecular weight is 220 g/mol. The Balaban J connectivity index is 3.00. The average Bonchev–Trinajstić information content (AvgIpc) is 2.73. The van der Waals surface area contributed by atoms with Crippen LogP contribution in [-0.4, -0.2) is 0 Å². The Bertz CT molecular complexity index is 396. The van der Waals surface area contributed by atoms with Crippen LogP contribution in [0.1, 0.15) is 36.4 Å². The topological polar surface area (TPSA) is 49.8 Å². The highest BCUT2D eigenvalue weighted by Gasteiger charge is 2.07. The Hall–Kier alpha value is -1.27. The Labute approximate surface area is 95.0 Å². The molecule has 0 aliphatic rings. The zero-order valence-corrected chi connectivity index (χ0v) is 10.0. The first-order chi connectivity index (χ1) is 7.22. The Morgan fingerprint density at radius 1 is 1.47 bits per heavy atom. The Morgan fingerprint density at radius 3 is 2.67 bits per heavy atom. The summed E-state index contributed by atoms with van der Waals surface area (Å²) in [5.41, 5.74) is 7.34. The molecule has 0 amide bonds. The van der Waals surface area contributed by atoms with Crippen molar-refractivity contribution in [2.75, 3.05) is 0 Å². The maximum Gasteiger partial charge on any atom is 0.0969 e. The van der Waals surface area contributed by atoms with E-state index < -0.39 is 0 Å².